The summed E-state index contributed by atoms with van der Waals surface area (Å²) in [7, 11) is 0. The number of hydrogen-bond donors (Lipinski definition) is 1. The normalized spacial score (nSPS) is 14.1. The molecule has 2 heterocycles. The molecule has 0 unspecified atom stereocenters. The summed E-state index contributed by atoms with van der Waals surface area (Å²) in [6, 6.07) is 11.5. The highest BCUT2D eigenvalue weighted by atomic mass is 35.5. The molecule has 3 rings (SSSR count). The van der Waals surface area contributed by atoms with Crippen LogP contribution < -0.4 is 15.0 Å². The zero-order valence-electron chi connectivity index (χ0n) is 15.5. The fraction of sp³-hybridized carbons (Fsp3) is 0.400. The minimum Gasteiger partial charge on any atom is -0.478 e. The van der Waals surface area contributed by atoms with Gasteiger partial charge in [-0.2, -0.15) is 0 Å². The topological polar surface area (TPSA) is 57.7 Å². The van der Waals surface area contributed by atoms with Crippen molar-refractivity contribution in [1.82, 2.24) is 15.2 Å². The van der Waals surface area contributed by atoms with Gasteiger partial charge in [-0.25, -0.2) is 9.78 Å². The minimum atomic E-state index is -0.0490. The van der Waals surface area contributed by atoms with E-state index in [1.807, 2.05) is 41.3 Å². The monoisotopic (exact) mass is 388 g/mol. The molecule has 1 aromatic carbocycles. The molecule has 1 saturated heterocycles. The average Bonchev–Trinajstić information content (AvgIpc) is 2.71. The number of hydrogen-bond acceptors (Lipinski definition) is 4. The molecule has 1 aromatic heterocycles. The standard InChI is InChI=1S/C20H25ClN4O2/c1-2-12-27-19-7-6-16(14-22-19)15-23-20(26)25-10-8-24(9-11-25)18-5-3-4-17(21)13-18/h3-7,13-14H,2,8-12,15H2,1H3,(H,23,26). The lowest BCUT2D eigenvalue weighted by Gasteiger charge is -2.36. The molecule has 0 bridgehead atoms. The molecule has 2 aromatic rings. The van der Waals surface area contributed by atoms with E-state index >= 15 is 0 Å². The van der Waals surface area contributed by atoms with Crippen molar-refractivity contribution in [3.63, 3.8) is 0 Å². The third-order valence-electron chi connectivity index (χ3n) is 4.44. The van der Waals surface area contributed by atoms with Gasteiger partial charge in [0.25, 0.3) is 0 Å². The van der Waals surface area contributed by atoms with Gasteiger partial charge in [0.15, 0.2) is 0 Å². The van der Waals surface area contributed by atoms with E-state index < -0.39 is 0 Å². The Balaban J connectivity index is 1.44. The van der Waals surface area contributed by atoms with E-state index in [1.165, 1.54) is 0 Å². The summed E-state index contributed by atoms with van der Waals surface area (Å²) >= 11 is 6.06. The molecule has 6 nitrogen and oxygen atoms in total. The van der Waals surface area contributed by atoms with Crippen molar-refractivity contribution < 1.29 is 9.53 Å². The summed E-state index contributed by atoms with van der Waals surface area (Å²) in [5.41, 5.74) is 2.05. The molecular formula is C20H25ClN4O2. The SMILES string of the molecule is CCCOc1ccc(CNC(=O)N2CCN(c3cccc(Cl)c3)CC2)cn1. The van der Waals surface area contributed by atoms with Crippen LogP contribution in [0.3, 0.4) is 0 Å². The van der Waals surface area contributed by atoms with Crippen molar-refractivity contribution >= 4 is 23.3 Å². The van der Waals surface area contributed by atoms with Crippen LogP contribution in [0.25, 0.3) is 0 Å². The largest absolute Gasteiger partial charge is 0.478 e. The fourth-order valence-electron chi connectivity index (χ4n) is 2.94. The molecule has 1 aliphatic heterocycles. The van der Waals surface area contributed by atoms with Crippen LogP contribution in [0.1, 0.15) is 18.9 Å². The number of piperazine rings is 1. The van der Waals surface area contributed by atoms with E-state index in [1.54, 1.807) is 6.20 Å². The quantitative estimate of drug-likeness (QED) is 0.822. The van der Waals surface area contributed by atoms with Crippen LogP contribution >= 0.6 is 11.6 Å². The molecule has 1 aliphatic rings. The lowest BCUT2D eigenvalue weighted by molar-refractivity contribution is 0.194. The lowest BCUT2D eigenvalue weighted by atomic mass is 10.2. The van der Waals surface area contributed by atoms with Gasteiger partial charge in [-0.3, -0.25) is 0 Å². The first-order chi connectivity index (χ1) is 13.2. The Morgan fingerprint density at radius 3 is 2.70 bits per heavy atom. The number of ether oxygens (including phenoxy) is 1. The van der Waals surface area contributed by atoms with Gasteiger partial charge in [-0.15, -0.1) is 0 Å². The van der Waals surface area contributed by atoms with Gasteiger partial charge in [0.1, 0.15) is 0 Å². The number of amides is 2. The zero-order valence-corrected chi connectivity index (χ0v) is 16.3. The van der Waals surface area contributed by atoms with Crippen molar-refractivity contribution in [3.05, 3.63) is 53.2 Å². The van der Waals surface area contributed by atoms with E-state index in [4.69, 9.17) is 16.3 Å². The van der Waals surface area contributed by atoms with Crippen LogP contribution in [0.4, 0.5) is 10.5 Å². The summed E-state index contributed by atoms with van der Waals surface area (Å²) in [5.74, 6) is 0.615. The summed E-state index contributed by atoms with van der Waals surface area (Å²) in [6.45, 7) is 6.11. The van der Waals surface area contributed by atoms with E-state index in [9.17, 15) is 4.79 Å². The van der Waals surface area contributed by atoms with Crippen LogP contribution in [-0.4, -0.2) is 48.7 Å². The maximum atomic E-state index is 12.4. The van der Waals surface area contributed by atoms with Gasteiger partial charge < -0.3 is 19.9 Å². The Labute approximate surface area is 165 Å². The summed E-state index contributed by atoms with van der Waals surface area (Å²) in [6.07, 6.45) is 2.69. The van der Waals surface area contributed by atoms with Crippen molar-refractivity contribution in [2.45, 2.75) is 19.9 Å². The summed E-state index contributed by atoms with van der Waals surface area (Å²) in [4.78, 5) is 20.7. The maximum Gasteiger partial charge on any atom is 0.317 e. The molecular weight excluding hydrogens is 364 g/mol. The van der Waals surface area contributed by atoms with Gasteiger partial charge >= 0.3 is 6.03 Å². The van der Waals surface area contributed by atoms with Crippen LogP contribution in [-0.2, 0) is 6.54 Å². The van der Waals surface area contributed by atoms with Crippen molar-refractivity contribution in [2.24, 2.45) is 0 Å². The number of benzene rings is 1. The Kier molecular flexibility index (Phi) is 6.76. The van der Waals surface area contributed by atoms with E-state index in [-0.39, 0.29) is 6.03 Å². The number of carbonyl (C=O) groups is 1. The lowest BCUT2D eigenvalue weighted by Crippen LogP contribution is -2.51. The molecule has 2 amide bonds. The number of pyridine rings is 1. The first-order valence-electron chi connectivity index (χ1n) is 9.26. The molecule has 7 heteroatoms. The highest BCUT2D eigenvalue weighted by molar-refractivity contribution is 6.30. The highest BCUT2D eigenvalue weighted by Crippen LogP contribution is 2.20. The molecule has 0 saturated carbocycles. The highest BCUT2D eigenvalue weighted by Gasteiger charge is 2.21. The van der Waals surface area contributed by atoms with E-state index in [0.717, 1.165) is 35.8 Å². The van der Waals surface area contributed by atoms with E-state index in [0.29, 0.717) is 32.1 Å². The minimum absolute atomic E-state index is 0.0490. The van der Waals surface area contributed by atoms with Gasteiger partial charge in [-0.05, 0) is 30.2 Å². The second-order valence-corrected chi connectivity index (χ2v) is 6.90. The molecule has 0 aliphatic carbocycles. The van der Waals surface area contributed by atoms with Crippen LogP contribution in [0, 0.1) is 0 Å². The van der Waals surface area contributed by atoms with Gasteiger partial charge in [-0.1, -0.05) is 30.7 Å². The smallest absolute Gasteiger partial charge is 0.317 e. The molecule has 0 atom stereocenters. The molecule has 144 valence electrons. The number of rotatable bonds is 6. The number of halogens is 1. The summed E-state index contributed by atoms with van der Waals surface area (Å²) < 4.78 is 5.47. The second kappa shape index (κ2) is 9.46. The first-order valence-corrected chi connectivity index (χ1v) is 9.64. The fourth-order valence-corrected chi connectivity index (χ4v) is 3.12. The van der Waals surface area contributed by atoms with Crippen molar-refractivity contribution in [2.75, 3.05) is 37.7 Å². The van der Waals surface area contributed by atoms with Crippen molar-refractivity contribution in [1.29, 1.82) is 0 Å². The van der Waals surface area contributed by atoms with Gasteiger partial charge in [0.05, 0.1) is 6.61 Å². The molecule has 1 fully saturated rings. The Morgan fingerprint density at radius 1 is 1.22 bits per heavy atom. The van der Waals surface area contributed by atoms with Crippen molar-refractivity contribution in [3.8, 4) is 5.88 Å². The number of aromatic nitrogens is 1. The van der Waals surface area contributed by atoms with Crippen LogP contribution in [0.5, 0.6) is 5.88 Å². The molecule has 0 radical (unpaired) electrons. The number of urea groups is 1. The van der Waals surface area contributed by atoms with E-state index in [2.05, 4.69) is 22.1 Å². The average molecular weight is 389 g/mol. The Morgan fingerprint density at radius 2 is 2.04 bits per heavy atom. The maximum absolute atomic E-state index is 12.4. The molecule has 1 N–H and O–H groups in total. The Bertz CT molecular complexity index is 746. The van der Waals surface area contributed by atoms with Crippen LogP contribution in [0.15, 0.2) is 42.6 Å². The number of anilines is 1. The predicted octanol–water partition coefficient (Wildman–Crippen LogP) is 3.56. The number of carbonyl (C=O) groups excluding carboxylic acids is 1. The second-order valence-electron chi connectivity index (χ2n) is 6.47. The van der Waals surface area contributed by atoms with Gasteiger partial charge in [0, 0.05) is 55.7 Å². The number of nitrogens with one attached hydrogen (secondary N) is 1. The Hall–Kier alpha value is -2.47. The zero-order chi connectivity index (χ0) is 19.1. The number of nitrogens with zero attached hydrogens (tertiary/aromatic N) is 3. The molecule has 27 heavy (non-hydrogen) atoms. The predicted molar refractivity (Wildman–Crippen MR) is 107 cm³/mol. The third kappa shape index (κ3) is 5.50. The van der Waals surface area contributed by atoms with Gasteiger partial charge in [0.2, 0.25) is 5.88 Å². The third-order valence-corrected chi connectivity index (χ3v) is 4.67. The van der Waals surface area contributed by atoms with Crippen LogP contribution in [0.2, 0.25) is 5.02 Å². The first kappa shape index (κ1) is 19.3. The summed E-state index contributed by atoms with van der Waals surface area (Å²) in [5, 5.41) is 3.69. The molecule has 0 spiro atoms.